The molecule has 0 spiro atoms. The van der Waals surface area contributed by atoms with E-state index < -0.39 is 18.2 Å². The molecule has 2 rings (SSSR count). The van der Waals surface area contributed by atoms with E-state index in [1.54, 1.807) is 24.3 Å². The molecular weight excluding hydrogens is 461 g/mol. The summed E-state index contributed by atoms with van der Waals surface area (Å²) in [4.78, 5) is 23.7. The maximum Gasteiger partial charge on any atom is 0.249 e. The third kappa shape index (κ3) is 5.85. The second-order valence-electron chi connectivity index (χ2n) is 5.17. The number of methoxy groups -OCH3 is 1. The summed E-state index contributed by atoms with van der Waals surface area (Å²) in [6.07, 6.45) is 0.888. The fourth-order valence-corrected chi connectivity index (χ4v) is 2.79. The molecule has 0 aliphatic carbocycles. The number of ether oxygens (including phenoxy) is 1. The zero-order chi connectivity index (χ0) is 20.0. The van der Waals surface area contributed by atoms with Crippen molar-refractivity contribution in [1.82, 2.24) is 5.43 Å². The summed E-state index contributed by atoms with van der Waals surface area (Å²) in [6.45, 7) is 0. The molecule has 0 aliphatic rings. The van der Waals surface area contributed by atoms with Crippen molar-refractivity contribution < 1.29 is 19.4 Å². The fourth-order valence-electron chi connectivity index (χ4n) is 1.98. The summed E-state index contributed by atoms with van der Waals surface area (Å²) in [5.74, 6) is -0.988. The topological polar surface area (TPSA) is 100 Å². The van der Waals surface area contributed by atoms with Gasteiger partial charge in [-0.05, 0) is 45.8 Å². The Balaban J connectivity index is 1.92. The van der Waals surface area contributed by atoms with Crippen LogP contribution in [0, 0.1) is 0 Å². The van der Waals surface area contributed by atoms with Crippen LogP contribution in [0.3, 0.4) is 0 Å². The number of carbonyl (C=O) groups excluding carboxylic acids is 2. The van der Waals surface area contributed by atoms with Crippen molar-refractivity contribution >= 4 is 62.8 Å². The number of nitrogens with one attached hydrogen (secondary N) is 2. The molecule has 0 aliphatic heterocycles. The molecule has 7 nitrogen and oxygen atoms in total. The van der Waals surface area contributed by atoms with Gasteiger partial charge in [0.05, 0.1) is 33.5 Å². The third-order valence-electron chi connectivity index (χ3n) is 3.22. The molecule has 0 aromatic heterocycles. The maximum absolute atomic E-state index is 11.9. The second-order valence-corrected chi connectivity index (χ2v) is 6.81. The lowest BCUT2D eigenvalue weighted by atomic mass is 10.2. The van der Waals surface area contributed by atoms with Crippen LogP contribution < -0.4 is 15.5 Å². The highest BCUT2D eigenvalue weighted by Crippen LogP contribution is 2.34. The summed E-state index contributed by atoms with van der Waals surface area (Å²) in [7, 11) is 1.41. The van der Waals surface area contributed by atoms with E-state index in [0.717, 1.165) is 0 Å². The summed E-state index contributed by atoms with van der Waals surface area (Å²) in [6, 6.07) is 7.89. The average Bonchev–Trinajstić information content (AvgIpc) is 2.61. The smallest absolute Gasteiger partial charge is 0.249 e. The predicted octanol–water partition coefficient (Wildman–Crippen LogP) is 3.95. The van der Waals surface area contributed by atoms with E-state index in [0.29, 0.717) is 20.7 Å². The van der Waals surface area contributed by atoms with Gasteiger partial charge in [-0.2, -0.15) is 5.10 Å². The maximum atomic E-state index is 11.9. The molecule has 27 heavy (non-hydrogen) atoms. The van der Waals surface area contributed by atoms with E-state index in [1.807, 2.05) is 0 Å². The van der Waals surface area contributed by atoms with Gasteiger partial charge in [0, 0.05) is 0 Å². The van der Waals surface area contributed by atoms with Gasteiger partial charge in [0.15, 0.2) is 11.5 Å². The number of phenolic OH excluding ortho intramolecular Hbond substituents is 1. The molecular formula is C17H14BrCl2N3O4. The van der Waals surface area contributed by atoms with E-state index in [2.05, 4.69) is 31.8 Å². The number of rotatable bonds is 6. The minimum atomic E-state index is -0.619. The van der Waals surface area contributed by atoms with Gasteiger partial charge in [0.1, 0.15) is 6.42 Å². The van der Waals surface area contributed by atoms with Gasteiger partial charge in [0.25, 0.3) is 0 Å². The van der Waals surface area contributed by atoms with E-state index in [4.69, 9.17) is 27.9 Å². The lowest BCUT2D eigenvalue weighted by Crippen LogP contribution is -2.24. The Morgan fingerprint density at radius 1 is 1.30 bits per heavy atom. The molecule has 142 valence electrons. The Hall–Kier alpha value is -2.29. The third-order valence-corrected chi connectivity index (χ3v) is 4.64. The Morgan fingerprint density at radius 2 is 2.04 bits per heavy atom. The van der Waals surface area contributed by atoms with Crippen molar-refractivity contribution in [2.45, 2.75) is 6.42 Å². The van der Waals surface area contributed by atoms with E-state index >= 15 is 0 Å². The molecule has 0 fully saturated rings. The van der Waals surface area contributed by atoms with Crippen molar-refractivity contribution in [2.24, 2.45) is 5.10 Å². The van der Waals surface area contributed by atoms with Crippen molar-refractivity contribution in [1.29, 1.82) is 0 Å². The first-order valence-electron chi connectivity index (χ1n) is 7.44. The normalized spacial score (nSPS) is 10.7. The molecule has 2 amide bonds. The number of hydrogen-bond acceptors (Lipinski definition) is 5. The quantitative estimate of drug-likeness (QED) is 0.335. The second kappa shape index (κ2) is 9.59. The number of nitrogens with zero attached hydrogens (tertiary/aromatic N) is 1. The number of amides is 2. The summed E-state index contributed by atoms with van der Waals surface area (Å²) < 4.78 is 5.43. The Morgan fingerprint density at radius 3 is 2.74 bits per heavy atom. The van der Waals surface area contributed by atoms with Crippen molar-refractivity contribution in [2.75, 3.05) is 12.4 Å². The number of anilines is 1. The molecule has 0 saturated carbocycles. The summed E-state index contributed by atoms with van der Waals surface area (Å²) in [5.41, 5.74) is 3.11. The number of phenols is 1. The van der Waals surface area contributed by atoms with Crippen LogP contribution in [0.15, 0.2) is 39.9 Å². The zero-order valence-corrected chi connectivity index (χ0v) is 17.0. The molecule has 3 N–H and O–H groups in total. The van der Waals surface area contributed by atoms with Gasteiger partial charge >= 0.3 is 0 Å². The summed E-state index contributed by atoms with van der Waals surface area (Å²) >= 11 is 15.0. The van der Waals surface area contributed by atoms with Gasteiger partial charge in [0.2, 0.25) is 11.8 Å². The van der Waals surface area contributed by atoms with Gasteiger partial charge in [-0.25, -0.2) is 5.43 Å². The molecule has 10 heteroatoms. The van der Waals surface area contributed by atoms with Crippen LogP contribution >= 0.6 is 39.1 Å². The zero-order valence-electron chi connectivity index (χ0n) is 13.9. The van der Waals surface area contributed by atoms with Gasteiger partial charge in [-0.3, -0.25) is 9.59 Å². The number of hydrazone groups is 1. The van der Waals surface area contributed by atoms with E-state index in [1.165, 1.54) is 19.4 Å². The molecule has 0 saturated heterocycles. The monoisotopic (exact) mass is 473 g/mol. The number of carbonyl (C=O) groups is 2. The Bertz CT molecular complexity index is 906. The van der Waals surface area contributed by atoms with Crippen LogP contribution in [0.5, 0.6) is 11.5 Å². The fraction of sp³-hybridized carbons (Fsp3) is 0.118. The first kappa shape index (κ1) is 21.0. The predicted molar refractivity (Wildman–Crippen MR) is 108 cm³/mol. The molecule has 0 heterocycles. The standard InChI is InChI=1S/C17H14BrCl2N3O4/c1-27-13-6-9(5-10(18)17(13)26)8-21-23-15(25)7-14(24)22-12-4-2-3-11(19)16(12)20/h2-6,8,26H,7H2,1H3,(H,22,24)(H,23,25)/b21-8+. The van der Waals surface area contributed by atoms with Crippen LogP contribution in [0.25, 0.3) is 0 Å². The molecule has 2 aromatic carbocycles. The van der Waals surface area contributed by atoms with Crippen molar-refractivity contribution in [3.63, 3.8) is 0 Å². The number of aromatic hydroxyl groups is 1. The minimum Gasteiger partial charge on any atom is -0.503 e. The van der Waals surface area contributed by atoms with Crippen molar-refractivity contribution in [3.8, 4) is 11.5 Å². The first-order valence-corrected chi connectivity index (χ1v) is 8.99. The molecule has 0 unspecified atom stereocenters. The van der Waals surface area contributed by atoms with E-state index in [9.17, 15) is 14.7 Å². The minimum absolute atomic E-state index is 0.0463. The lowest BCUT2D eigenvalue weighted by molar-refractivity contribution is -0.126. The van der Waals surface area contributed by atoms with Gasteiger partial charge in [-0.1, -0.05) is 29.3 Å². The lowest BCUT2D eigenvalue weighted by Gasteiger charge is -2.07. The molecule has 0 atom stereocenters. The number of hydrogen-bond donors (Lipinski definition) is 3. The van der Waals surface area contributed by atoms with Gasteiger partial charge in [-0.15, -0.1) is 0 Å². The van der Waals surface area contributed by atoms with Crippen LogP contribution in [-0.4, -0.2) is 30.2 Å². The highest BCUT2D eigenvalue weighted by atomic mass is 79.9. The van der Waals surface area contributed by atoms with Gasteiger partial charge < -0.3 is 15.2 Å². The van der Waals surface area contributed by atoms with Crippen molar-refractivity contribution in [3.05, 3.63) is 50.4 Å². The summed E-state index contributed by atoms with van der Waals surface area (Å²) in [5, 5.41) is 16.5. The van der Waals surface area contributed by atoms with Crippen LogP contribution in [0.2, 0.25) is 10.0 Å². The van der Waals surface area contributed by atoms with Crippen LogP contribution in [0.4, 0.5) is 5.69 Å². The first-order chi connectivity index (χ1) is 12.8. The average molecular weight is 475 g/mol. The number of halogens is 3. The molecule has 0 bridgehead atoms. The highest BCUT2D eigenvalue weighted by Gasteiger charge is 2.12. The van der Waals surface area contributed by atoms with E-state index in [-0.39, 0.29) is 16.5 Å². The largest absolute Gasteiger partial charge is 0.503 e. The van der Waals surface area contributed by atoms with Crippen LogP contribution in [0.1, 0.15) is 12.0 Å². The molecule has 2 aromatic rings. The Kier molecular flexibility index (Phi) is 7.46. The Labute approximate surface area is 173 Å². The SMILES string of the molecule is COc1cc(/C=N/NC(=O)CC(=O)Nc2cccc(Cl)c2Cl)cc(Br)c1O. The molecule has 0 radical (unpaired) electrons. The number of benzene rings is 2. The van der Waals surface area contributed by atoms with Crippen LogP contribution in [-0.2, 0) is 9.59 Å². The highest BCUT2D eigenvalue weighted by molar-refractivity contribution is 9.10.